The summed E-state index contributed by atoms with van der Waals surface area (Å²) in [6, 6.07) is 5.42. The highest BCUT2D eigenvalue weighted by Gasteiger charge is 2.12. The Kier molecular flexibility index (Phi) is 10.5. The summed E-state index contributed by atoms with van der Waals surface area (Å²) in [5.41, 5.74) is 1.37. The Labute approximate surface area is 151 Å². The van der Waals surface area contributed by atoms with E-state index >= 15 is 0 Å². The van der Waals surface area contributed by atoms with Crippen LogP contribution in [0.5, 0.6) is 0 Å². The fraction of sp³-hybridized carbons (Fsp3) is 0.632. The van der Waals surface area contributed by atoms with E-state index in [1.807, 2.05) is 20.2 Å². The van der Waals surface area contributed by atoms with E-state index in [9.17, 15) is 4.79 Å². The number of esters is 1. The minimum Gasteiger partial charge on any atom is -0.456 e. The van der Waals surface area contributed by atoms with Gasteiger partial charge < -0.3 is 15.0 Å². The van der Waals surface area contributed by atoms with Crippen LogP contribution in [0.1, 0.15) is 55.8 Å². The van der Waals surface area contributed by atoms with Crippen molar-refractivity contribution in [2.45, 2.75) is 45.4 Å². The maximum atomic E-state index is 12.0. The fourth-order valence-corrected chi connectivity index (χ4v) is 2.61. The molecule has 0 saturated heterocycles. The minimum absolute atomic E-state index is 0.358. The highest BCUT2D eigenvalue weighted by Crippen LogP contribution is 2.22. The zero-order chi connectivity index (χ0) is 17.8. The van der Waals surface area contributed by atoms with Crippen molar-refractivity contribution in [1.82, 2.24) is 0 Å². The summed E-state index contributed by atoms with van der Waals surface area (Å²) in [6.07, 6.45) is 7.64. The molecule has 136 valence electrons. The van der Waals surface area contributed by atoms with Crippen molar-refractivity contribution in [3.05, 3.63) is 28.8 Å². The molecule has 0 saturated carbocycles. The second-order valence-electron chi connectivity index (χ2n) is 6.48. The molecule has 0 fully saturated rings. The molecule has 1 rings (SSSR count). The molecule has 0 radical (unpaired) electrons. The molecule has 0 spiro atoms. The van der Waals surface area contributed by atoms with Crippen LogP contribution in [0.2, 0.25) is 5.02 Å². The van der Waals surface area contributed by atoms with E-state index in [-0.39, 0.29) is 5.97 Å². The van der Waals surface area contributed by atoms with Gasteiger partial charge in [-0.15, -0.1) is 0 Å². The van der Waals surface area contributed by atoms with E-state index < -0.39 is 0 Å². The fourth-order valence-electron chi connectivity index (χ4n) is 2.35. The molecule has 0 atom stereocenters. The first-order valence-corrected chi connectivity index (χ1v) is 9.42. The average Bonchev–Trinajstić information content (AvgIpc) is 2.53. The monoisotopic (exact) mass is 355 g/mol. The molecule has 0 heterocycles. The molecule has 0 aliphatic heterocycles. The third-order valence-electron chi connectivity index (χ3n) is 3.88. The van der Waals surface area contributed by atoms with Crippen LogP contribution in [0.25, 0.3) is 0 Å². The Balaban J connectivity index is 2.34. The molecule has 1 aromatic carbocycles. The van der Waals surface area contributed by atoms with E-state index in [1.54, 1.807) is 12.1 Å². The van der Waals surface area contributed by atoms with E-state index in [0.29, 0.717) is 17.2 Å². The van der Waals surface area contributed by atoms with Gasteiger partial charge in [0.1, 0.15) is 13.2 Å². The zero-order valence-corrected chi connectivity index (χ0v) is 16.0. The summed E-state index contributed by atoms with van der Waals surface area (Å²) in [5.74, 6) is -0.358. The number of quaternary nitrogens is 1. The summed E-state index contributed by atoms with van der Waals surface area (Å²) < 4.78 is 5.24. The molecule has 2 N–H and O–H groups in total. The first kappa shape index (κ1) is 20.8. The molecule has 0 amide bonds. The van der Waals surface area contributed by atoms with Crippen molar-refractivity contribution in [1.29, 1.82) is 0 Å². The van der Waals surface area contributed by atoms with Gasteiger partial charge in [0.15, 0.2) is 0 Å². The lowest BCUT2D eigenvalue weighted by Crippen LogP contribution is -3.06. The molecule has 5 heteroatoms. The van der Waals surface area contributed by atoms with Crippen molar-refractivity contribution in [3.8, 4) is 0 Å². The number of ether oxygens (including phenoxy) is 1. The highest BCUT2D eigenvalue weighted by molar-refractivity contribution is 6.33. The predicted molar refractivity (Wildman–Crippen MR) is 101 cm³/mol. The Morgan fingerprint density at radius 3 is 2.54 bits per heavy atom. The average molecular weight is 356 g/mol. The maximum absolute atomic E-state index is 12.0. The minimum atomic E-state index is -0.358. The number of carbonyl (C=O) groups is 1. The van der Waals surface area contributed by atoms with Crippen LogP contribution in [0, 0.1) is 0 Å². The quantitative estimate of drug-likeness (QED) is 0.446. The number of carbonyl (C=O) groups excluding carboxylic acids is 1. The first-order chi connectivity index (χ1) is 11.5. The van der Waals surface area contributed by atoms with E-state index in [4.69, 9.17) is 16.3 Å². The second-order valence-corrected chi connectivity index (χ2v) is 6.89. The number of benzene rings is 1. The van der Waals surface area contributed by atoms with Gasteiger partial charge in [-0.2, -0.15) is 0 Å². The molecule has 0 bridgehead atoms. The summed E-state index contributed by atoms with van der Waals surface area (Å²) in [4.78, 5) is 13.2. The van der Waals surface area contributed by atoms with Crippen LogP contribution >= 0.6 is 11.6 Å². The molecule has 1 aromatic rings. The standard InChI is InChI=1S/C19H31ClN2O2/c1-4-5-6-7-8-9-12-21-16-10-11-17(18(20)15-16)19(23)24-14-13-22(2)3/h10-11,15,21H,4-9,12-14H2,1-3H3/p+1. The molecular formula is C19H32ClN2O2+. The van der Waals surface area contributed by atoms with Crippen LogP contribution < -0.4 is 10.2 Å². The lowest BCUT2D eigenvalue weighted by atomic mass is 10.1. The molecule has 0 unspecified atom stereocenters. The SMILES string of the molecule is CCCCCCCCNc1ccc(C(=O)OCC[NH+](C)C)c(Cl)c1. The third kappa shape index (κ3) is 8.55. The van der Waals surface area contributed by atoms with Crippen LogP contribution in [-0.2, 0) is 4.74 Å². The Bertz CT molecular complexity index is 492. The maximum Gasteiger partial charge on any atom is 0.339 e. The number of anilines is 1. The summed E-state index contributed by atoms with van der Waals surface area (Å²) >= 11 is 6.22. The van der Waals surface area contributed by atoms with Crippen LogP contribution in [0.4, 0.5) is 5.69 Å². The molecule has 0 aromatic heterocycles. The molecular weight excluding hydrogens is 324 g/mol. The largest absolute Gasteiger partial charge is 0.456 e. The number of hydrogen-bond donors (Lipinski definition) is 2. The van der Waals surface area contributed by atoms with Gasteiger partial charge in [-0.1, -0.05) is 50.6 Å². The summed E-state index contributed by atoms with van der Waals surface area (Å²) in [6.45, 7) is 4.34. The van der Waals surface area contributed by atoms with E-state index in [2.05, 4.69) is 12.2 Å². The highest BCUT2D eigenvalue weighted by atomic mass is 35.5. The van der Waals surface area contributed by atoms with E-state index in [1.165, 1.54) is 37.0 Å². The van der Waals surface area contributed by atoms with Gasteiger partial charge in [0, 0.05) is 12.2 Å². The molecule has 0 aliphatic carbocycles. The number of nitrogens with one attached hydrogen (secondary N) is 2. The van der Waals surface area contributed by atoms with Crippen molar-refractivity contribution >= 4 is 23.3 Å². The van der Waals surface area contributed by atoms with Crippen molar-refractivity contribution in [2.24, 2.45) is 0 Å². The zero-order valence-electron chi connectivity index (χ0n) is 15.3. The van der Waals surface area contributed by atoms with Crippen molar-refractivity contribution in [2.75, 3.05) is 39.1 Å². The number of hydrogen-bond acceptors (Lipinski definition) is 3. The Hall–Kier alpha value is -1.26. The molecule has 24 heavy (non-hydrogen) atoms. The number of rotatable bonds is 12. The van der Waals surface area contributed by atoms with Crippen molar-refractivity contribution < 1.29 is 14.4 Å². The van der Waals surface area contributed by atoms with Gasteiger partial charge in [-0.3, -0.25) is 0 Å². The third-order valence-corrected chi connectivity index (χ3v) is 4.20. The summed E-state index contributed by atoms with van der Waals surface area (Å²) in [7, 11) is 4.04. The Morgan fingerprint density at radius 2 is 1.88 bits per heavy atom. The van der Waals surface area contributed by atoms with Gasteiger partial charge in [0.05, 0.1) is 24.7 Å². The van der Waals surface area contributed by atoms with Crippen LogP contribution in [-0.4, -0.2) is 39.8 Å². The lowest BCUT2D eigenvalue weighted by Gasteiger charge is -2.11. The number of unbranched alkanes of at least 4 members (excludes halogenated alkanes) is 5. The molecule has 4 nitrogen and oxygen atoms in total. The first-order valence-electron chi connectivity index (χ1n) is 9.04. The van der Waals surface area contributed by atoms with Gasteiger partial charge in [0.25, 0.3) is 0 Å². The van der Waals surface area contributed by atoms with E-state index in [0.717, 1.165) is 25.2 Å². The number of likely N-dealkylation sites (N-methyl/N-ethyl adjacent to an activating group) is 1. The van der Waals surface area contributed by atoms with Gasteiger partial charge >= 0.3 is 5.97 Å². The second kappa shape index (κ2) is 12.2. The predicted octanol–water partition coefficient (Wildman–Crippen LogP) is 3.41. The van der Waals surface area contributed by atoms with Crippen LogP contribution in [0.15, 0.2) is 18.2 Å². The number of halogens is 1. The van der Waals surface area contributed by atoms with Crippen molar-refractivity contribution in [3.63, 3.8) is 0 Å². The smallest absolute Gasteiger partial charge is 0.339 e. The van der Waals surface area contributed by atoms with Crippen LogP contribution in [0.3, 0.4) is 0 Å². The summed E-state index contributed by atoms with van der Waals surface area (Å²) in [5, 5.41) is 3.80. The molecule has 0 aliphatic rings. The topological polar surface area (TPSA) is 42.8 Å². The van der Waals surface area contributed by atoms with Gasteiger partial charge in [-0.25, -0.2) is 4.79 Å². The normalized spacial score (nSPS) is 10.9. The Morgan fingerprint density at radius 1 is 1.17 bits per heavy atom. The van der Waals surface area contributed by atoms with Gasteiger partial charge in [-0.05, 0) is 24.6 Å². The van der Waals surface area contributed by atoms with Gasteiger partial charge in [0.2, 0.25) is 0 Å². The lowest BCUT2D eigenvalue weighted by molar-refractivity contribution is -0.858.